The molecule has 20 heavy (non-hydrogen) atoms. The molecular formula is C15H17N3O2. The van der Waals surface area contributed by atoms with Crippen molar-refractivity contribution in [1.29, 1.82) is 0 Å². The maximum absolute atomic E-state index is 12.2. The molecule has 2 aromatic rings. The van der Waals surface area contributed by atoms with Crippen molar-refractivity contribution in [2.45, 2.75) is 26.7 Å². The van der Waals surface area contributed by atoms with E-state index in [1.807, 2.05) is 32.0 Å². The van der Waals surface area contributed by atoms with Crippen LogP contribution in [-0.4, -0.2) is 17.6 Å². The molecule has 0 spiro atoms. The molecule has 1 aliphatic rings. The zero-order chi connectivity index (χ0) is 14.1. The minimum absolute atomic E-state index is 0.169. The number of aryl methyl sites for hydroxylation is 2. The Morgan fingerprint density at radius 3 is 3.00 bits per heavy atom. The van der Waals surface area contributed by atoms with E-state index in [4.69, 9.17) is 4.52 Å². The second-order valence-electron chi connectivity index (χ2n) is 5.08. The Kier molecular flexibility index (Phi) is 3.18. The van der Waals surface area contributed by atoms with E-state index in [0.717, 1.165) is 36.3 Å². The summed E-state index contributed by atoms with van der Waals surface area (Å²) in [6, 6.07) is 5.72. The summed E-state index contributed by atoms with van der Waals surface area (Å²) in [5.41, 5.74) is 4.60. The van der Waals surface area contributed by atoms with Crippen molar-refractivity contribution < 1.29 is 9.32 Å². The molecule has 3 rings (SSSR count). The Hall–Kier alpha value is -2.30. The molecular weight excluding hydrogens is 254 g/mol. The second kappa shape index (κ2) is 5.00. The van der Waals surface area contributed by atoms with E-state index in [1.54, 1.807) is 0 Å². The van der Waals surface area contributed by atoms with Crippen LogP contribution in [0.4, 0.5) is 11.6 Å². The molecule has 1 amide bonds. The zero-order valence-electron chi connectivity index (χ0n) is 11.6. The highest BCUT2D eigenvalue weighted by Crippen LogP contribution is 2.24. The fraction of sp³-hybridized carbons (Fsp3) is 0.333. The predicted molar refractivity (Wildman–Crippen MR) is 77.2 cm³/mol. The molecule has 1 aromatic heterocycles. The highest BCUT2D eigenvalue weighted by Gasteiger charge is 2.15. The van der Waals surface area contributed by atoms with Gasteiger partial charge in [0.15, 0.2) is 0 Å². The van der Waals surface area contributed by atoms with Crippen molar-refractivity contribution in [3.63, 3.8) is 0 Å². The molecule has 0 aliphatic carbocycles. The van der Waals surface area contributed by atoms with Crippen molar-refractivity contribution in [3.8, 4) is 0 Å². The van der Waals surface area contributed by atoms with Gasteiger partial charge in [-0.25, -0.2) is 0 Å². The molecule has 0 radical (unpaired) electrons. The van der Waals surface area contributed by atoms with Gasteiger partial charge in [0.25, 0.3) is 5.91 Å². The van der Waals surface area contributed by atoms with Crippen LogP contribution in [0.15, 0.2) is 22.7 Å². The topological polar surface area (TPSA) is 67.2 Å². The second-order valence-corrected chi connectivity index (χ2v) is 5.08. The third kappa shape index (κ3) is 2.27. The van der Waals surface area contributed by atoms with Gasteiger partial charge in [-0.1, -0.05) is 5.16 Å². The smallest absolute Gasteiger partial charge is 0.258 e. The number of amides is 1. The Morgan fingerprint density at radius 1 is 1.40 bits per heavy atom. The fourth-order valence-corrected chi connectivity index (χ4v) is 2.32. The third-order valence-electron chi connectivity index (χ3n) is 3.69. The van der Waals surface area contributed by atoms with Crippen LogP contribution < -0.4 is 10.6 Å². The molecule has 2 N–H and O–H groups in total. The Labute approximate surface area is 117 Å². The monoisotopic (exact) mass is 271 g/mol. The number of aromatic nitrogens is 1. The van der Waals surface area contributed by atoms with Crippen molar-refractivity contribution in [2.75, 3.05) is 17.2 Å². The molecule has 0 unspecified atom stereocenters. The molecule has 0 bridgehead atoms. The third-order valence-corrected chi connectivity index (χ3v) is 3.69. The largest absolute Gasteiger partial charge is 0.385 e. The van der Waals surface area contributed by atoms with E-state index in [-0.39, 0.29) is 5.91 Å². The summed E-state index contributed by atoms with van der Waals surface area (Å²) in [5.74, 6) is 0.251. The summed E-state index contributed by atoms with van der Waals surface area (Å²) in [7, 11) is 0. The van der Waals surface area contributed by atoms with E-state index in [1.165, 1.54) is 5.56 Å². The van der Waals surface area contributed by atoms with Crippen molar-refractivity contribution >= 4 is 17.5 Å². The Balaban J connectivity index is 1.82. The molecule has 0 atom stereocenters. The van der Waals surface area contributed by atoms with Gasteiger partial charge in [-0.3, -0.25) is 10.1 Å². The average molecular weight is 271 g/mol. The Morgan fingerprint density at radius 2 is 2.25 bits per heavy atom. The Bertz CT molecular complexity index is 661. The van der Waals surface area contributed by atoms with Crippen molar-refractivity contribution in [1.82, 2.24) is 5.16 Å². The van der Waals surface area contributed by atoms with Gasteiger partial charge in [0.2, 0.25) is 5.88 Å². The van der Waals surface area contributed by atoms with Crippen LogP contribution in [0.25, 0.3) is 0 Å². The number of nitrogens with zero attached hydrogens (tertiary/aromatic N) is 1. The van der Waals surface area contributed by atoms with Crippen LogP contribution in [0.1, 0.15) is 33.6 Å². The maximum Gasteiger partial charge on any atom is 0.258 e. The number of carbonyl (C=O) groups excluding carboxylic acids is 1. The summed E-state index contributed by atoms with van der Waals surface area (Å²) in [5, 5.41) is 9.93. The average Bonchev–Trinajstić information content (AvgIpc) is 2.78. The molecule has 5 nitrogen and oxygen atoms in total. The number of anilines is 2. The van der Waals surface area contributed by atoms with Gasteiger partial charge in [-0.05, 0) is 50.5 Å². The van der Waals surface area contributed by atoms with Gasteiger partial charge in [0.05, 0.1) is 5.69 Å². The van der Waals surface area contributed by atoms with Gasteiger partial charge in [0, 0.05) is 23.4 Å². The standard InChI is InChI=1S/C15H17N3O2/c1-9-10(2)18-20-15(9)17-14(19)12-5-6-13-11(8-12)4-3-7-16-13/h5-6,8,16H,3-4,7H2,1-2H3,(H,17,19). The van der Waals surface area contributed by atoms with Gasteiger partial charge in [-0.2, -0.15) is 0 Å². The minimum Gasteiger partial charge on any atom is -0.385 e. The quantitative estimate of drug-likeness (QED) is 0.881. The molecule has 104 valence electrons. The number of nitrogens with one attached hydrogen (secondary N) is 2. The number of hydrogen-bond acceptors (Lipinski definition) is 4. The molecule has 0 saturated carbocycles. The van der Waals surface area contributed by atoms with Crippen LogP contribution in [0.2, 0.25) is 0 Å². The first-order chi connectivity index (χ1) is 9.65. The summed E-state index contributed by atoms with van der Waals surface area (Å²) in [4.78, 5) is 12.2. The van der Waals surface area contributed by atoms with Crippen LogP contribution in [0.3, 0.4) is 0 Å². The number of carbonyl (C=O) groups is 1. The van der Waals surface area contributed by atoms with Gasteiger partial charge in [-0.15, -0.1) is 0 Å². The molecule has 1 aliphatic heterocycles. The SMILES string of the molecule is Cc1noc(NC(=O)c2ccc3c(c2)CCCN3)c1C. The first kappa shape index (κ1) is 12.7. The molecule has 0 saturated heterocycles. The van der Waals surface area contributed by atoms with Gasteiger partial charge >= 0.3 is 0 Å². The van der Waals surface area contributed by atoms with Crippen LogP contribution in [0.5, 0.6) is 0 Å². The zero-order valence-corrected chi connectivity index (χ0v) is 11.6. The summed E-state index contributed by atoms with van der Waals surface area (Å²) in [6.45, 7) is 4.71. The van der Waals surface area contributed by atoms with E-state index >= 15 is 0 Å². The fourth-order valence-electron chi connectivity index (χ4n) is 2.32. The lowest BCUT2D eigenvalue weighted by Gasteiger charge is -2.18. The first-order valence-electron chi connectivity index (χ1n) is 6.76. The van der Waals surface area contributed by atoms with Crippen molar-refractivity contribution in [2.24, 2.45) is 0 Å². The maximum atomic E-state index is 12.2. The van der Waals surface area contributed by atoms with Gasteiger partial charge in [0.1, 0.15) is 0 Å². The van der Waals surface area contributed by atoms with E-state index in [9.17, 15) is 4.79 Å². The van der Waals surface area contributed by atoms with Crippen molar-refractivity contribution in [3.05, 3.63) is 40.6 Å². The normalized spacial score (nSPS) is 13.5. The van der Waals surface area contributed by atoms with Gasteiger partial charge < -0.3 is 9.84 Å². The number of rotatable bonds is 2. The van der Waals surface area contributed by atoms with Crippen LogP contribution in [0, 0.1) is 13.8 Å². The predicted octanol–water partition coefficient (Wildman–Crippen LogP) is 2.90. The van der Waals surface area contributed by atoms with E-state index in [0.29, 0.717) is 11.4 Å². The molecule has 0 fully saturated rings. The van der Waals surface area contributed by atoms with Crippen LogP contribution in [-0.2, 0) is 6.42 Å². The van der Waals surface area contributed by atoms with Crippen LogP contribution >= 0.6 is 0 Å². The van der Waals surface area contributed by atoms with E-state index in [2.05, 4.69) is 15.8 Å². The summed E-state index contributed by atoms with van der Waals surface area (Å²) >= 11 is 0. The lowest BCUT2D eigenvalue weighted by atomic mass is 10.0. The molecule has 2 heterocycles. The minimum atomic E-state index is -0.169. The molecule has 5 heteroatoms. The number of benzene rings is 1. The number of hydrogen-bond donors (Lipinski definition) is 2. The highest BCUT2D eigenvalue weighted by atomic mass is 16.5. The highest BCUT2D eigenvalue weighted by molar-refractivity contribution is 6.04. The van der Waals surface area contributed by atoms with E-state index < -0.39 is 0 Å². The lowest BCUT2D eigenvalue weighted by Crippen LogP contribution is -2.15. The number of fused-ring (bicyclic) bond motifs is 1. The summed E-state index contributed by atoms with van der Waals surface area (Å²) in [6.07, 6.45) is 2.10. The summed E-state index contributed by atoms with van der Waals surface area (Å²) < 4.78 is 5.11. The lowest BCUT2D eigenvalue weighted by molar-refractivity contribution is 0.102. The molecule has 1 aromatic carbocycles. The first-order valence-corrected chi connectivity index (χ1v) is 6.76.